The number of nitrogens with zero attached hydrogens (tertiary/aromatic N) is 1. The van der Waals surface area contributed by atoms with Crippen LogP contribution in [0.5, 0.6) is 0 Å². The molecule has 0 aromatic heterocycles. The number of hydrogen-bond donors (Lipinski definition) is 3. The number of esters is 1. The number of benzene rings is 2. The lowest BCUT2D eigenvalue weighted by atomic mass is 10.2. The summed E-state index contributed by atoms with van der Waals surface area (Å²) in [7, 11) is 0. The van der Waals surface area contributed by atoms with Crippen LogP contribution in [0.15, 0.2) is 59.7 Å². The molecule has 1 atom stereocenters. The molecule has 1 fully saturated rings. The molecule has 9 heteroatoms. The van der Waals surface area contributed by atoms with Gasteiger partial charge in [0.05, 0.1) is 17.9 Å². The number of rotatable bonds is 7. The van der Waals surface area contributed by atoms with Crippen molar-refractivity contribution >= 4 is 46.1 Å². The largest absolute Gasteiger partial charge is 0.462 e. The van der Waals surface area contributed by atoms with Crippen molar-refractivity contribution in [2.45, 2.75) is 18.6 Å². The normalized spacial score (nSPS) is 16.9. The third-order valence-electron chi connectivity index (χ3n) is 3.89. The van der Waals surface area contributed by atoms with Crippen LogP contribution in [-0.2, 0) is 14.3 Å². The number of amidine groups is 1. The van der Waals surface area contributed by atoms with Crippen LogP contribution in [0, 0.1) is 0 Å². The van der Waals surface area contributed by atoms with Gasteiger partial charge in [0.2, 0.25) is 11.8 Å². The highest BCUT2D eigenvalue weighted by Gasteiger charge is 2.32. The van der Waals surface area contributed by atoms with Crippen LogP contribution in [0.3, 0.4) is 0 Å². The van der Waals surface area contributed by atoms with E-state index in [1.165, 1.54) is 11.8 Å². The Morgan fingerprint density at radius 3 is 2.52 bits per heavy atom. The Morgan fingerprint density at radius 2 is 1.83 bits per heavy atom. The van der Waals surface area contributed by atoms with E-state index < -0.39 is 11.2 Å². The van der Waals surface area contributed by atoms with Gasteiger partial charge in [-0.05, 0) is 43.3 Å². The summed E-state index contributed by atoms with van der Waals surface area (Å²) in [5.41, 5.74) is 4.59. The zero-order chi connectivity index (χ0) is 20.6. The number of hydrazone groups is 1. The molecule has 0 saturated carbocycles. The quantitative estimate of drug-likeness (QED) is 0.477. The number of anilines is 2. The fraction of sp³-hybridized carbons (Fsp3) is 0.200. The summed E-state index contributed by atoms with van der Waals surface area (Å²) in [4.78, 5) is 36.0. The van der Waals surface area contributed by atoms with Gasteiger partial charge in [0, 0.05) is 12.1 Å². The number of thioether (sulfide) groups is 1. The van der Waals surface area contributed by atoms with Crippen LogP contribution >= 0.6 is 11.8 Å². The lowest BCUT2D eigenvalue weighted by Gasteiger charge is -2.08. The molecule has 29 heavy (non-hydrogen) atoms. The second kappa shape index (κ2) is 9.74. The monoisotopic (exact) mass is 412 g/mol. The van der Waals surface area contributed by atoms with Crippen molar-refractivity contribution in [1.29, 1.82) is 0 Å². The summed E-state index contributed by atoms with van der Waals surface area (Å²) < 4.78 is 4.92. The number of hydrogen-bond acceptors (Lipinski definition) is 7. The highest BCUT2D eigenvalue weighted by atomic mass is 32.2. The van der Waals surface area contributed by atoms with E-state index in [9.17, 15) is 14.4 Å². The summed E-state index contributed by atoms with van der Waals surface area (Å²) in [5.74, 6) is -0.990. The molecule has 1 saturated heterocycles. The van der Waals surface area contributed by atoms with Gasteiger partial charge in [0.1, 0.15) is 5.25 Å². The summed E-state index contributed by atoms with van der Waals surface area (Å²) in [5, 5.41) is 9.37. The van der Waals surface area contributed by atoms with E-state index in [4.69, 9.17) is 4.74 Å². The third-order valence-corrected chi connectivity index (χ3v) is 4.97. The maximum absolute atomic E-state index is 12.3. The molecule has 0 radical (unpaired) electrons. The first-order valence-corrected chi connectivity index (χ1v) is 9.86. The van der Waals surface area contributed by atoms with E-state index in [0.717, 1.165) is 5.69 Å². The maximum atomic E-state index is 12.3. The molecule has 2 aromatic rings. The molecule has 1 aliphatic heterocycles. The Labute approximate surface area is 172 Å². The van der Waals surface area contributed by atoms with Crippen molar-refractivity contribution in [3.05, 3.63) is 60.2 Å². The molecule has 2 aromatic carbocycles. The number of para-hydroxylation sites is 1. The van der Waals surface area contributed by atoms with E-state index in [2.05, 4.69) is 21.2 Å². The Hall–Kier alpha value is -3.33. The molecule has 1 heterocycles. The minimum atomic E-state index is -0.565. The average Bonchev–Trinajstić information content (AvgIpc) is 3.07. The first-order chi connectivity index (χ1) is 14.0. The van der Waals surface area contributed by atoms with Gasteiger partial charge in [0.15, 0.2) is 5.17 Å². The minimum absolute atomic E-state index is 0.000481. The molecule has 8 nitrogen and oxygen atoms in total. The average molecular weight is 412 g/mol. The smallest absolute Gasteiger partial charge is 0.338 e. The third kappa shape index (κ3) is 5.82. The lowest BCUT2D eigenvalue weighted by Crippen LogP contribution is -2.28. The van der Waals surface area contributed by atoms with Gasteiger partial charge in [0.25, 0.3) is 0 Å². The molecule has 0 spiro atoms. The fourth-order valence-corrected chi connectivity index (χ4v) is 3.43. The number of carbonyl (C=O) groups excluding carboxylic acids is 3. The Kier molecular flexibility index (Phi) is 6.85. The Balaban J connectivity index is 1.51. The Morgan fingerprint density at radius 1 is 1.10 bits per heavy atom. The topological polar surface area (TPSA) is 109 Å². The second-order valence-electron chi connectivity index (χ2n) is 6.04. The molecular weight excluding hydrogens is 392 g/mol. The standard InChI is InChI=1S/C20H20N4O4S/c1-2-28-19(27)13-8-10-14(11-9-13)21-17(25)12-16-18(26)22-20(29-16)24-23-15-6-4-3-5-7-15/h3-11,16,23H,2,12H2,1H3,(H,21,25)(H,22,24,26)/t16-/m0/s1. The summed E-state index contributed by atoms with van der Waals surface area (Å²) in [6, 6.07) is 15.7. The molecule has 0 bridgehead atoms. The molecule has 0 unspecified atom stereocenters. The van der Waals surface area contributed by atoms with Crippen molar-refractivity contribution in [1.82, 2.24) is 5.32 Å². The van der Waals surface area contributed by atoms with Gasteiger partial charge in [-0.2, -0.15) is 0 Å². The molecule has 3 N–H and O–H groups in total. The van der Waals surface area contributed by atoms with E-state index in [1.807, 2.05) is 30.3 Å². The van der Waals surface area contributed by atoms with Gasteiger partial charge in [-0.1, -0.05) is 30.0 Å². The van der Waals surface area contributed by atoms with Gasteiger partial charge in [-0.25, -0.2) is 4.79 Å². The van der Waals surface area contributed by atoms with Crippen LogP contribution in [0.2, 0.25) is 0 Å². The number of carbonyl (C=O) groups is 3. The van der Waals surface area contributed by atoms with E-state index in [-0.39, 0.29) is 18.2 Å². The number of nitrogens with one attached hydrogen (secondary N) is 3. The van der Waals surface area contributed by atoms with Crippen molar-refractivity contribution in [2.75, 3.05) is 17.3 Å². The SMILES string of the molecule is CCOC(=O)c1ccc(NC(=O)C[C@@H]2S/C(=N/Nc3ccccc3)NC2=O)cc1. The van der Waals surface area contributed by atoms with E-state index in [1.54, 1.807) is 31.2 Å². The van der Waals surface area contributed by atoms with Crippen molar-refractivity contribution < 1.29 is 19.1 Å². The van der Waals surface area contributed by atoms with Crippen LogP contribution in [0.4, 0.5) is 11.4 Å². The number of ether oxygens (including phenoxy) is 1. The van der Waals surface area contributed by atoms with Crippen LogP contribution in [0.25, 0.3) is 0 Å². The minimum Gasteiger partial charge on any atom is -0.462 e. The first-order valence-electron chi connectivity index (χ1n) is 8.98. The summed E-state index contributed by atoms with van der Waals surface area (Å²) in [6.45, 7) is 2.03. The van der Waals surface area contributed by atoms with Crippen LogP contribution in [0.1, 0.15) is 23.7 Å². The predicted molar refractivity (Wildman–Crippen MR) is 113 cm³/mol. The zero-order valence-electron chi connectivity index (χ0n) is 15.7. The highest BCUT2D eigenvalue weighted by Crippen LogP contribution is 2.23. The molecule has 3 rings (SSSR count). The van der Waals surface area contributed by atoms with Crippen molar-refractivity contribution in [2.24, 2.45) is 5.10 Å². The Bertz CT molecular complexity index is 916. The van der Waals surface area contributed by atoms with Crippen LogP contribution < -0.4 is 16.1 Å². The molecule has 0 aliphatic carbocycles. The molecule has 2 amide bonds. The summed E-state index contributed by atoms with van der Waals surface area (Å²) >= 11 is 1.19. The van der Waals surface area contributed by atoms with Gasteiger partial charge < -0.3 is 15.4 Å². The predicted octanol–water partition coefficient (Wildman–Crippen LogP) is 2.81. The molecule has 1 aliphatic rings. The van der Waals surface area contributed by atoms with E-state index >= 15 is 0 Å². The van der Waals surface area contributed by atoms with Crippen molar-refractivity contribution in [3.8, 4) is 0 Å². The second-order valence-corrected chi connectivity index (χ2v) is 7.23. The zero-order valence-corrected chi connectivity index (χ0v) is 16.5. The van der Waals surface area contributed by atoms with Crippen molar-refractivity contribution in [3.63, 3.8) is 0 Å². The summed E-state index contributed by atoms with van der Waals surface area (Å²) in [6.07, 6.45) is 0.000481. The number of amides is 2. The van der Waals surface area contributed by atoms with Gasteiger partial charge in [-0.3, -0.25) is 15.0 Å². The van der Waals surface area contributed by atoms with Gasteiger partial charge in [-0.15, -0.1) is 5.10 Å². The molecular formula is C20H20N4O4S. The van der Waals surface area contributed by atoms with Gasteiger partial charge >= 0.3 is 5.97 Å². The fourth-order valence-electron chi connectivity index (χ4n) is 2.50. The maximum Gasteiger partial charge on any atom is 0.338 e. The lowest BCUT2D eigenvalue weighted by molar-refractivity contribution is -0.122. The van der Waals surface area contributed by atoms with Crippen LogP contribution in [-0.4, -0.2) is 34.8 Å². The molecule has 150 valence electrons. The van der Waals surface area contributed by atoms with E-state index in [0.29, 0.717) is 23.0 Å². The highest BCUT2D eigenvalue weighted by molar-refractivity contribution is 8.15. The first kappa shape index (κ1) is 20.4.